The SMILES string of the molecule is C=C(Cl)/C=C(OC)\C(=C/C)C(NC)C(=O)N1CCc2cc(OC)c(C(F)(F)F)cc21.CC. The molecule has 0 aromatic heterocycles. The highest BCUT2D eigenvalue weighted by Gasteiger charge is 2.39. The molecule has 0 spiro atoms. The first-order valence-electron chi connectivity index (χ1n) is 10.1. The van der Waals surface area contributed by atoms with E-state index in [0.717, 1.165) is 6.07 Å². The van der Waals surface area contributed by atoms with Crippen LogP contribution in [0.2, 0.25) is 0 Å². The minimum Gasteiger partial charge on any atom is -0.496 e. The molecular formula is C23H30ClF3N2O3. The van der Waals surface area contributed by atoms with E-state index in [1.807, 2.05) is 13.8 Å². The molecule has 0 saturated heterocycles. The van der Waals surface area contributed by atoms with Crippen LogP contribution < -0.4 is 15.0 Å². The van der Waals surface area contributed by atoms with Crippen LogP contribution in [0.15, 0.2) is 47.2 Å². The van der Waals surface area contributed by atoms with Gasteiger partial charge in [0.2, 0.25) is 5.91 Å². The lowest BCUT2D eigenvalue weighted by Crippen LogP contribution is -2.46. The summed E-state index contributed by atoms with van der Waals surface area (Å²) in [6, 6.07) is 1.45. The Labute approximate surface area is 192 Å². The van der Waals surface area contributed by atoms with Gasteiger partial charge in [-0.1, -0.05) is 38.1 Å². The summed E-state index contributed by atoms with van der Waals surface area (Å²) in [4.78, 5) is 14.7. The summed E-state index contributed by atoms with van der Waals surface area (Å²) in [5, 5.41) is 3.13. The fourth-order valence-corrected chi connectivity index (χ4v) is 3.55. The van der Waals surface area contributed by atoms with Crippen molar-refractivity contribution in [1.82, 2.24) is 5.32 Å². The third kappa shape index (κ3) is 6.07. The monoisotopic (exact) mass is 474 g/mol. The van der Waals surface area contributed by atoms with Crippen LogP contribution in [-0.2, 0) is 22.1 Å². The molecule has 0 aliphatic carbocycles. The number of ether oxygens (including phenoxy) is 2. The number of alkyl halides is 3. The molecule has 1 heterocycles. The zero-order chi connectivity index (χ0) is 24.6. The first kappa shape index (κ1) is 27.6. The predicted molar refractivity (Wildman–Crippen MR) is 122 cm³/mol. The first-order chi connectivity index (χ1) is 15.1. The molecule has 1 amide bonds. The minimum absolute atomic E-state index is 0.210. The molecule has 1 N–H and O–H groups in total. The average molecular weight is 475 g/mol. The number of methoxy groups -OCH3 is 2. The molecule has 1 aromatic rings. The van der Waals surface area contributed by atoms with E-state index >= 15 is 0 Å². The highest BCUT2D eigenvalue weighted by Crippen LogP contribution is 2.42. The van der Waals surface area contributed by atoms with Crippen molar-refractivity contribution in [2.24, 2.45) is 0 Å². The summed E-state index contributed by atoms with van der Waals surface area (Å²) < 4.78 is 50.6. The van der Waals surface area contributed by atoms with Crippen molar-refractivity contribution in [1.29, 1.82) is 0 Å². The lowest BCUT2D eigenvalue weighted by Gasteiger charge is -2.27. The number of carbonyl (C=O) groups is 1. The molecule has 1 aliphatic heterocycles. The number of halogens is 4. The average Bonchev–Trinajstić information content (AvgIpc) is 3.18. The second kappa shape index (κ2) is 12.0. The van der Waals surface area contributed by atoms with Gasteiger partial charge in [0.15, 0.2) is 0 Å². The van der Waals surface area contributed by atoms with Crippen LogP contribution in [0.1, 0.15) is 31.9 Å². The predicted octanol–water partition coefficient (Wildman–Crippen LogP) is 5.45. The molecule has 1 aromatic carbocycles. The van der Waals surface area contributed by atoms with Crippen LogP contribution in [0.4, 0.5) is 18.9 Å². The highest BCUT2D eigenvalue weighted by atomic mass is 35.5. The molecule has 9 heteroatoms. The molecular weight excluding hydrogens is 445 g/mol. The van der Waals surface area contributed by atoms with Gasteiger partial charge in [0, 0.05) is 22.8 Å². The Hall–Kier alpha value is -2.45. The summed E-state index contributed by atoms with van der Waals surface area (Å²) in [5.41, 5.74) is 0.395. The number of nitrogens with zero attached hydrogens (tertiary/aromatic N) is 1. The second-order valence-electron chi connectivity index (χ2n) is 6.54. The van der Waals surface area contributed by atoms with E-state index in [1.54, 1.807) is 20.0 Å². The van der Waals surface area contributed by atoms with Gasteiger partial charge in [0.05, 0.1) is 19.8 Å². The van der Waals surface area contributed by atoms with E-state index in [-0.39, 0.29) is 23.0 Å². The number of allylic oxidation sites excluding steroid dienone is 3. The summed E-state index contributed by atoms with van der Waals surface area (Å²) in [6.07, 6.45) is -1.04. The van der Waals surface area contributed by atoms with Crippen LogP contribution in [0.25, 0.3) is 0 Å². The molecule has 0 radical (unpaired) electrons. The molecule has 32 heavy (non-hydrogen) atoms. The van der Waals surface area contributed by atoms with Crippen LogP contribution in [0, 0.1) is 0 Å². The zero-order valence-electron chi connectivity index (χ0n) is 19.2. The summed E-state index contributed by atoms with van der Waals surface area (Å²) in [7, 11) is 4.20. The minimum atomic E-state index is -4.61. The van der Waals surface area contributed by atoms with Crippen LogP contribution in [0.5, 0.6) is 5.75 Å². The summed E-state index contributed by atoms with van der Waals surface area (Å²) >= 11 is 5.85. The number of hydrogen-bond donors (Lipinski definition) is 1. The summed E-state index contributed by atoms with van der Waals surface area (Å²) in [6.45, 7) is 9.57. The van der Waals surface area contributed by atoms with Gasteiger partial charge in [-0.2, -0.15) is 13.2 Å². The van der Waals surface area contributed by atoms with Gasteiger partial charge in [-0.05, 0) is 44.2 Å². The fourth-order valence-electron chi connectivity index (χ4n) is 3.46. The topological polar surface area (TPSA) is 50.8 Å². The lowest BCUT2D eigenvalue weighted by atomic mass is 10.0. The van der Waals surface area contributed by atoms with Crippen molar-refractivity contribution >= 4 is 23.2 Å². The van der Waals surface area contributed by atoms with Gasteiger partial charge in [0.25, 0.3) is 0 Å². The number of amides is 1. The zero-order valence-corrected chi connectivity index (χ0v) is 19.9. The number of rotatable bonds is 7. The van der Waals surface area contributed by atoms with Gasteiger partial charge in [-0.15, -0.1) is 0 Å². The highest BCUT2D eigenvalue weighted by molar-refractivity contribution is 6.30. The maximum absolute atomic E-state index is 13.5. The normalized spacial score (nSPS) is 14.9. The lowest BCUT2D eigenvalue weighted by molar-refractivity contribution is -0.138. The first-order valence-corrected chi connectivity index (χ1v) is 10.5. The van der Waals surface area contributed by atoms with E-state index in [0.29, 0.717) is 23.3 Å². The van der Waals surface area contributed by atoms with Crippen molar-refractivity contribution in [3.05, 3.63) is 58.4 Å². The van der Waals surface area contributed by atoms with E-state index in [4.69, 9.17) is 21.1 Å². The fraction of sp³-hybridized carbons (Fsp3) is 0.435. The van der Waals surface area contributed by atoms with E-state index < -0.39 is 23.7 Å². The van der Waals surface area contributed by atoms with Gasteiger partial charge in [-0.25, -0.2) is 0 Å². The summed E-state index contributed by atoms with van der Waals surface area (Å²) in [5.74, 6) is -0.346. The molecule has 0 fully saturated rings. The Balaban J connectivity index is 0.00000249. The van der Waals surface area contributed by atoms with Gasteiger partial charge >= 0.3 is 6.18 Å². The van der Waals surface area contributed by atoms with E-state index in [1.165, 1.54) is 31.3 Å². The quantitative estimate of drug-likeness (QED) is 0.422. The number of benzene rings is 1. The van der Waals surface area contributed by atoms with Crippen molar-refractivity contribution in [3.63, 3.8) is 0 Å². The Kier molecular flexibility index (Phi) is 10.3. The van der Waals surface area contributed by atoms with E-state index in [2.05, 4.69) is 11.9 Å². The van der Waals surface area contributed by atoms with Crippen molar-refractivity contribution in [3.8, 4) is 5.75 Å². The van der Waals surface area contributed by atoms with Gasteiger partial charge in [0.1, 0.15) is 17.6 Å². The molecule has 5 nitrogen and oxygen atoms in total. The Morgan fingerprint density at radius 1 is 1.31 bits per heavy atom. The van der Waals surface area contributed by atoms with E-state index in [9.17, 15) is 18.0 Å². The molecule has 1 atom stereocenters. The standard InChI is InChI=1S/C21H24ClF3N2O3.C2H6/c1-6-14(17(29-4)9-12(2)22)19(26-3)20(28)27-8-7-13-10-18(30-5)15(11-16(13)27)21(23,24)25;1-2/h6,9-11,19,26H,2,7-8H2,1,3-5H3;1-2H3/b14-6+,17-9+;. The van der Waals surface area contributed by atoms with Crippen LogP contribution in [0.3, 0.4) is 0 Å². The Morgan fingerprint density at radius 2 is 1.94 bits per heavy atom. The molecule has 0 saturated carbocycles. The van der Waals surface area contributed by atoms with Crippen LogP contribution >= 0.6 is 11.6 Å². The number of likely N-dealkylation sites (N-methyl/N-ethyl adjacent to an activating group) is 1. The Bertz CT molecular complexity index is 895. The number of hydrogen-bond acceptors (Lipinski definition) is 4. The molecule has 0 bridgehead atoms. The van der Waals surface area contributed by atoms with Gasteiger partial charge in [-0.3, -0.25) is 4.79 Å². The molecule has 2 rings (SSSR count). The van der Waals surface area contributed by atoms with Crippen molar-refractivity contribution in [2.75, 3.05) is 32.7 Å². The third-order valence-electron chi connectivity index (χ3n) is 4.82. The number of carbonyl (C=O) groups excluding carboxylic acids is 1. The van der Waals surface area contributed by atoms with Gasteiger partial charge < -0.3 is 19.7 Å². The molecule has 1 unspecified atom stereocenters. The molecule has 1 aliphatic rings. The third-order valence-corrected chi connectivity index (χ3v) is 4.93. The maximum atomic E-state index is 13.5. The Morgan fingerprint density at radius 3 is 2.38 bits per heavy atom. The number of nitrogens with one attached hydrogen (secondary N) is 1. The van der Waals surface area contributed by atoms with Crippen molar-refractivity contribution in [2.45, 2.75) is 39.4 Å². The maximum Gasteiger partial charge on any atom is 0.420 e. The second-order valence-corrected chi connectivity index (χ2v) is 7.03. The smallest absolute Gasteiger partial charge is 0.420 e. The largest absolute Gasteiger partial charge is 0.496 e. The number of fused-ring (bicyclic) bond motifs is 1. The van der Waals surface area contributed by atoms with Crippen LogP contribution in [-0.4, -0.2) is 39.8 Å². The molecule has 178 valence electrons. The van der Waals surface area contributed by atoms with Crippen molar-refractivity contribution < 1.29 is 27.4 Å². The number of anilines is 1.